The van der Waals surface area contributed by atoms with Gasteiger partial charge in [0.05, 0.1) is 11.8 Å². The van der Waals surface area contributed by atoms with Gasteiger partial charge < -0.3 is 14.4 Å². The van der Waals surface area contributed by atoms with E-state index in [9.17, 15) is 13.2 Å². The summed E-state index contributed by atoms with van der Waals surface area (Å²) in [4.78, 5) is 9.29. The first-order valence-corrected chi connectivity index (χ1v) is 10.5. The zero-order chi connectivity index (χ0) is 22.6. The topological polar surface area (TPSA) is 47.5 Å². The van der Waals surface area contributed by atoms with E-state index >= 15 is 0 Å². The number of halogens is 3. The highest BCUT2D eigenvalue weighted by atomic mass is 19.4. The molecule has 0 unspecified atom stereocenters. The van der Waals surface area contributed by atoms with Crippen LogP contribution in [0.15, 0.2) is 60.8 Å². The Morgan fingerprint density at radius 1 is 1.00 bits per heavy atom. The van der Waals surface area contributed by atoms with Gasteiger partial charge in [-0.1, -0.05) is 42.5 Å². The molecule has 1 aliphatic carbocycles. The molecule has 0 saturated heterocycles. The van der Waals surface area contributed by atoms with Crippen LogP contribution in [0, 0.1) is 0 Å². The van der Waals surface area contributed by atoms with Gasteiger partial charge in [0.15, 0.2) is 5.82 Å². The lowest BCUT2D eigenvalue weighted by Gasteiger charge is -2.25. The molecule has 0 radical (unpaired) electrons. The van der Waals surface area contributed by atoms with Gasteiger partial charge in [-0.15, -0.1) is 0 Å². The first-order chi connectivity index (χ1) is 15.4. The minimum atomic E-state index is -4.62. The second-order valence-electron chi connectivity index (χ2n) is 7.71. The molecular formula is C24H24F3N3O2. The van der Waals surface area contributed by atoms with E-state index in [4.69, 9.17) is 9.47 Å². The Balaban J connectivity index is 1.64. The van der Waals surface area contributed by atoms with Crippen molar-refractivity contribution in [2.75, 3.05) is 11.9 Å². The third kappa shape index (κ3) is 5.12. The van der Waals surface area contributed by atoms with Crippen molar-refractivity contribution < 1.29 is 22.6 Å². The zero-order valence-electron chi connectivity index (χ0n) is 17.7. The van der Waals surface area contributed by atoms with Crippen molar-refractivity contribution in [2.45, 2.75) is 44.6 Å². The monoisotopic (exact) mass is 443 g/mol. The molecule has 32 heavy (non-hydrogen) atoms. The second kappa shape index (κ2) is 9.46. The number of anilines is 2. The van der Waals surface area contributed by atoms with Crippen molar-refractivity contribution in [2.24, 2.45) is 0 Å². The maximum absolute atomic E-state index is 13.8. The molecule has 0 aliphatic heterocycles. The normalized spacial score (nSPS) is 14.4. The summed E-state index contributed by atoms with van der Waals surface area (Å²) in [6, 6.07) is 16.2. The standard InChI is InChI=1S/C24H24F3N3O2/c1-30(20-13-7-8-14-21(20)32-18-11-5-6-12-18)22-19(24(25,26)27)15-28-23(29-22)31-16-17-9-3-2-4-10-17/h2-4,7-10,13-15,18H,5-6,11-12,16H2,1H3. The predicted molar refractivity (Wildman–Crippen MR) is 115 cm³/mol. The maximum atomic E-state index is 13.8. The average Bonchev–Trinajstić information content (AvgIpc) is 3.30. The molecule has 168 valence electrons. The summed E-state index contributed by atoms with van der Waals surface area (Å²) < 4.78 is 53.0. The van der Waals surface area contributed by atoms with Crippen LogP contribution in [0.25, 0.3) is 0 Å². The predicted octanol–water partition coefficient (Wildman–Crippen LogP) is 6.16. The Morgan fingerprint density at radius 3 is 2.41 bits per heavy atom. The molecule has 5 nitrogen and oxygen atoms in total. The van der Waals surface area contributed by atoms with E-state index in [1.165, 1.54) is 11.9 Å². The van der Waals surface area contributed by atoms with E-state index < -0.39 is 11.7 Å². The molecule has 0 atom stereocenters. The smallest absolute Gasteiger partial charge is 0.421 e. The van der Waals surface area contributed by atoms with Gasteiger partial charge >= 0.3 is 12.2 Å². The quantitative estimate of drug-likeness (QED) is 0.437. The molecule has 1 fully saturated rings. The minimum Gasteiger partial charge on any atom is -0.488 e. The Labute approximate surface area is 184 Å². The molecule has 0 amide bonds. The van der Waals surface area contributed by atoms with Crippen LogP contribution in [-0.4, -0.2) is 23.1 Å². The lowest BCUT2D eigenvalue weighted by Crippen LogP contribution is -2.21. The second-order valence-corrected chi connectivity index (χ2v) is 7.71. The van der Waals surface area contributed by atoms with Gasteiger partial charge in [-0.2, -0.15) is 18.2 Å². The van der Waals surface area contributed by atoms with Gasteiger partial charge in [0.1, 0.15) is 17.9 Å². The molecule has 1 heterocycles. The zero-order valence-corrected chi connectivity index (χ0v) is 17.7. The molecular weight excluding hydrogens is 419 g/mol. The first kappa shape index (κ1) is 21.9. The molecule has 1 saturated carbocycles. The largest absolute Gasteiger partial charge is 0.488 e. The molecule has 4 rings (SSSR count). The number of hydrogen-bond acceptors (Lipinski definition) is 5. The molecule has 0 N–H and O–H groups in total. The van der Waals surface area contributed by atoms with Crippen LogP contribution in [0.1, 0.15) is 36.8 Å². The molecule has 8 heteroatoms. The lowest BCUT2D eigenvalue weighted by molar-refractivity contribution is -0.137. The number of benzene rings is 2. The fourth-order valence-corrected chi connectivity index (χ4v) is 3.74. The van der Waals surface area contributed by atoms with Crippen LogP contribution in [0.5, 0.6) is 11.8 Å². The van der Waals surface area contributed by atoms with Crippen molar-refractivity contribution in [1.29, 1.82) is 0 Å². The summed E-state index contributed by atoms with van der Waals surface area (Å²) in [5.74, 6) is 0.235. The number of rotatable bonds is 7. The van der Waals surface area contributed by atoms with Crippen molar-refractivity contribution in [3.05, 3.63) is 71.9 Å². The summed E-state index contributed by atoms with van der Waals surface area (Å²) >= 11 is 0. The molecule has 1 aliphatic rings. The van der Waals surface area contributed by atoms with Gasteiger partial charge in [-0.3, -0.25) is 0 Å². The molecule has 3 aromatic rings. The van der Waals surface area contributed by atoms with Crippen molar-refractivity contribution in [1.82, 2.24) is 9.97 Å². The van der Waals surface area contributed by atoms with Crippen LogP contribution in [0.2, 0.25) is 0 Å². The molecule has 0 bridgehead atoms. The number of aromatic nitrogens is 2. The number of para-hydroxylation sites is 2. The van der Waals surface area contributed by atoms with Crippen LogP contribution in [-0.2, 0) is 12.8 Å². The van der Waals surface area contributed by atoms with E-state index in [0.717, 1.165) is 37.4 Å². The van der Waals surface area contributed by atoms with E-state index in [1.807, 2.05) is 30.3 Å². The maximum Gasteiger partial charge on any atom is 0.421 e. The van der Waals surface area contributed by atoms with Crippen LogP contribution in [0.3, 0.4) is 0 Å². The van der Waals surface area contributed by atoms with Gasteiger partial charge in [-0.25, -0.2) is 4.98 Å². The SMILES string of the molecule is CN(c1ccccc1OC1CCCC1)c1nc(OCc2ccccc2)ncc1C(F)(F)F. The highest BCUT2D eigenvalue weighted by molar-refractivity contribution is 5.68. The summed E-state index contributed by atoms with van der Waals surface area (Å²) in [5, 5.41) is 0. The molecule has 0 spiro atoms. The fourth-order valence-electron chi connectivity index (χ4n) is 3.74. The fraction of sp³-hybridized carbons (Fsp3) is 0.333. The summed E-state index contributed by atoms with van der Waals surface area (Å²) in [6.07, 6.45) is 0.279. The van der Waals surface area contributed by atoms with E-state index in [2.05, 4.69) is 9.97 Å². The Hall–Kier alpha value is -3.29. The van der Waals surface area contributed by atoms with Gasteiger partial charge in [0.25, 0.3) is 0 Å². The number of alkyl halides is 3. The third-order valence-electron chi connectivity index (χ3n) is 5.40. The summed E-state index contributed by atoms with van der Waals surface area (Å²) in [5.41, 5.74) is 0.418. The Bertz CT molecular complexity index is 1040. The van der Waals surface area contributed by atoms with Crippen molar-refractivity contribution >= 4 is 11.5 Å². The highest BCUT2D eigenvalue weighted by Crippen LogP contribution is 2.40. The highest BCUT2D eigenvalue weighted by Gasteiger charge is 2.37. The number of ether oxygens (including phenoxy) is 2. The van der Waals surface area contributed by atoms with E-state index in [0.29, 0.717) is 11.4 Å². The summed E-state index contributed by atoms with van der Waals surface area (Å²) in [6.45, 7) is 0.150. The average molecular weight is 443 g/mol. The number of hydrogen-bond donors (Lipinski definition) is 0. The number of nitrogens with zero attached hydrogens (tertiary/aromatic N) is 3. The third-order valence-corrected chi connectivity index (χ3v) is 5.40. The van der Waals surface area contributed by atoms with Gasteiger partial charge in [0.2, 0.25) is 0 Å². The summed E-state index contributed by atoms with van der Waals surface area (Å²) in [7, 11) is 1.54. The minimum absolute atomic E-state index is 0.0711. The van der Waals surface area contributed by atoms with Crippen LogP contribution < -0.4 is 14.4 Å². The van der Waals surface area contributed by atoms with Crippen LogP contribution >= 0.6 is 0 Å². The van der Waals surface area contributed by atoms with Crippen LogP contribution in [0.4, 0.5) is 24.7 Å². The molecule has 2 aromatic carbocycles. The lowest BCUT2D eigenvalue weighted by atomic mass is 10.2. The van der Waals surface area contributed by atoms with Gasteiger partial charge in [-0.05, 0) is 43.4 Å². The Kier molecular flexibility index (Phi) is 6.48. The molecule has 1 aromatic heterocycles. The van der Waals surface area contributed by atoms with Crippen molar-refractivity contribution in [3.63, 3.8) is 0 Å². The first-order valence-electron chi connectivity index (χ1n) is 10.5. The Morgan fingerprint density at radius 2 is 1.69 bits per heavy atom. The van der Waals surface area contributed by atoms with Gasteiger partial charge in [0, 0.05) is 13.2 Å². The van der Waals surface area contributed by atoms with E-state index in [1.54, 1.807) is 24.3 Å². The van der Waals surface area contributed by atoms with Crippen molar-refractivity contribution in [3.8, 4) is 11.8 Å². The van der Waals surface area contributed by atoms with E-state index in [-0.39, 0.29) is 24.5 Å².